The minimum absolute atomic E-state index is 0.470. The Kier molecular flexibility index (Phi) is 3.58. The first kappa shape index (κ1) is 12.3. The number of hydrogen-bond donors (Lipinski definition) is 2. The number of thiazole rings is 1. The molecule has 2 aromatic rings. The zero-order valence-electron chi connectivity index (χ0n) is 10.1. The molecule has 0 unspecified atom stereocenters. The van der Waals surface area contributed by atoms with Crippen molar-refractivity contribution in [3.63, 3.8) is 0 Å². The van der Waals surface area contributed by atoms with Crippen LogP contribution in [0.1, 0.15) is 19.5 Å². The van der Waals surface area contributed by atoms with Gasteiger partial charge in [-0.05, 0) is 33.0 Å². The molecule has 2 N–H and O–H groups in total. The maximum Gasteiger partial charge on any atom is 0.213 e. The molecule has 2 aromatic heterocycles. The minimum Gasteiger partial charge on any atom is -0.349 e. The molecule has 17 heavy (non-hydrogen) atoms. The van der Waals surface area contributed by atoms with Gasteiger partial charge in [0.1, 0.15) is 0 Å². The van der Waals surface area contributed by atoms with Crippen molar-refractivity contribution in [1.82, 2.24) is 20.2 Å². The number of anilines is 1. The zero-order valence-corrected chi connectivity index (χ0v) is 11.7. The van der Waals surface area contributed by atoms with Gasteiger partial charge in [-0.1, -0.05) is 11.3 Å². The monoisotopic (exact) mass is 269 g/mol. The van der Waals surface area contributed by atoms with Gasteiger partial charge in [-0.15, -0.1) is 0 Å². The van der Waals surface area contributed by atoms with E-state index < -0.39 is 0 Å². The van der Waals surface area contributed by atoms with Crippen molar-refractivity contribution in [2.24, 2.45) is 0 Å². The van der Waals surface area contributed by atoms with Crippen LogP contribution in [0.3, 0.4) is 0 Å². The lowest BCUT2D eigenvalue weighted by molar-refractivity contribution is 0.857. The van der Waals surface area contributed by atoms with E-state index in [1.807, 2.05) is 6.92 Å². The van der Waals surface area contributed by atoms with Crippen LogP contribution in [-0.2, 0) is 0 Å². The van der Waals surface area contributed by atoms with E-state index in [1.165, 1.54) is 0 Å². The highest BCUT2D eigenvalue weighted by Gasteiger charge is 2.15. The second kappa shape index (κ2) is 4.97. The number of aromatic amines is 2. The summed E-state index contributed by atoms with van der Waals surface area (Å²) in [6.45, 7) is 8.16. The van der Waals surface area contributed by atoms with Gasteiger partial charge in [0.05, 0.1) is 10.6 Å². The summed E-state index contributed by atoms with van der Waals surface area (Å²) < 4.78 is 0.470. The van der Waals surface area contributed by atoms with Gasteiger partial charge in [0, 0.05) is 13.1 Å². The fraction of sp³-hybridized carbons (Fsp3) is 0.500. The van der Waals surface area contributed by atoms with Crippen molar-refractivity contribution in [3.8, 4) is 10.7 Å². The normalized spacial score (nSPS) is 10.8. The largest absolute Gasteiger partial charge is 0.349 e. The summed E-state index contributed by atoms with van der Waals surface area (Å²) in [5, 5.41) is 6.80. The van der Waals surface area contributed by atoms with Crippen LogP contribution in [0.4, 0.5) is 5.13 Å². The topological polar surface area (TPSA) is 60.6 Å². The molecule has 92 valence electrons. The highest BCUT2D eigenvalue weighted by atomic mass is 32.1. The predicted molar refractivity (Wildman–Crippen MR) is 73.2 cm³/mol. The molecule has 0 aliphatic heterocycles. The summed E-state index contributed by atoms with van der Waals surface area (Å²) >= 11 is 6.59. The Labute approximate surface area is 109 Å². The second-order valence-corrected chi connectivity index (χ2v) is 4.96. The molecule has 0 bridgehead atoms. The molecule has 0 aliphatic carbocycles. The van der Waals surface area contributed by atoms with Gasteiger partial charge >= 0.3 is 0 Å². The first-order chi connectivity index (χ1) is 8.15. The van der Waals surface area contributed by atoms with Gasteiger partial charge in [0.15, 0.2) is 11.0 Å². The zero-order chi connectivity index (χ0) is 12.4. The smallest absolute Gasteiger partial charge is 0.213 e. The third-order valence-electron chi connectivity index (χ3n) is 2.54. The third-order valence-corrected chi connectivity index (χ3v) is 3.95. The molecule has 0 fully saturated rings. The highest BCUT2D eigenvalue weighted by Crippen LogP contribution is 2.32. The number of nitrogens with one attached hydrogen (secondary N) is 2. The van der Waals surface area contributed by atoms with Crippen LogP contribution in [0, 0.1) is 11.7 Å². The number of aromatic nitrogens is 4. The molecule has 0 aromatic carbocycles. The van der Waals surface area contributed by atoms with E-state index in [4.69, 9.17) is 12.2 Å². The summed E-state index contributed by atoms with van der Waals surface area (Å²) in [5.41, 5.74) is 0.981. The average Bonchev–Trinajstić information content (AvgIpc) is 2.87. The van der Waals surface area contributed by atoms with Crippen molar-refractivity contribution in [2.75, 3.05) is 18.0 Å². The van der Waals surface area contributed by atoms with Crippen LogP contribution in [0.5, 0.6) is 0 Å². The molecular formula is C10H15N5S2. The van der Waals surface area contributed by atoms with E-state index in [1.54, 1.807) is 11.3 Å². The molecule has 2 heterocycles. The van der Waals surface area contributed by atoms with Gasteiger partial charge in [-0.3, -0.25) is 10.2 Å². The summed E-state index contributed by atoms with van der Waals surface area (Å²) in [6.07, 6.45) is 0. The summed E-state index contributed by atoms with van der Waals surface area (Å²) in [7, 11) is 0. The molecule has 0 radical (unpaired) electrons. The van der Waals surface area contributed by atoms with Crippen molar-refractivity contribution in [1.29, 1.82) is 0 Å². The van der Waals surface area contributed by atoms with Crippen LogP contribution < -0.4 is 4.90 Å². The Morgan fingerprint density at radius 2 is 1.94 bits per heavy atom. The minimum atomic E-state index is 0.470. The summed E-state index contributed by atoms with van der Waals surface area (Å²) in [4.78, 5) is 12.1. The standard InChI is InChI=1S/C10H15N5S2/c1-4-15(5-2)10-11-6(3)7(17-10)8-12-9(16)14-13-8/h4-5H2,1-3H3,(H2,12,13,14,16). The lowest BCUT2D eigenvalue weighted by Gasteiger charge is -2.16. The van der Waals surface area contributed by atoms with Crippen LogP contribution in [0.25, 0.3) is 10.7 Å². The Bertz CT molecular complexity index is 549. The van der Waals surface area contributed by atoms with Gasteiger partial charge in [-0.2, -0.15) is 4.98 Å². The number of hydrogen-bond acceptors (Lipinski definition) is 5. The van der Waals surface area contributed by atoms with Crippen LogP contribution in [0.15, 0.2) is 0 Å². The summed E-state index contributed by atoms with van der Waals surface area (Å²) in [5.74, 6) is 0.767. The number of H-pyrrole nitrogens is 2. The molecule has 2 rings (SSSR count). The van der Waals surface area contributed by atoms with E-state index >= 15 is 0 Å². The fourth-order valence-corrected chi connectivity index (χ4v) is 2.89. The molecular weight excluding hydrogens is 254 g/mol. The van der Waals surface area contributed by atoms with E-state index in [0.717, 1.165) is 34.6 Å². The Morgan fingerprint density at radius 3 is 2.47 bits per heavy atom. The highest BCUT2D eigenvalue weighted by molar-refractivity contribution is 7.71. The van der Waals surface area contributed by atoms with E-state index in [0.29, 0.717) is 4.77 Å². The number of aryl methyl sites for hydroxylation is 1. The molecule has 0 aliphatic rings. The molecule has 0 saturated carbocycles. The maximum atomic E-state index is 4.96. The Morgan fingerprint density at radius 1 is 1.24 bits per heavy atom. The van der Waals surface area contributed by atoms with E-state index in [-0.39, 0.29) is 0 Å². The molecule has 0 atom stereocenters. The van der Waals surface area contributed by atoms with Gasteiger partial charge in [0.25, 0.3) is 0 Å². The summed E-state index contributed by atoms with van der Waals surface area (Å²) in [6, 6.07) is 0. The second-order valence-electron chi connectivity index (χ2n) is 3.60. The Balaban J connectivity index is 2.40. The molecule has 0 saturated heterocycles. The SMILES string of the molecule is CCN(CC)c1nc(C)c(-c2nc(=S)[nH][nH]2)s1. The Hall–Kier alpha value is -1.21. The van der Waals surface area contributed by atoms with Crippen molar-refractivity contribution in [3.05, 3.63) is 10.5 Å². The van der Waals surface area contributed by atoms with Crippen molar-refractivity contribution < 1.29 is 0 Å². The number of nitrogens with zero attached hydrogens (tertiary/aromatic N) is 3. The van der Waals surface area contributed by atoms with Gasteiger partial charge in [-0.25, -0.2) is 4.98 Å². The van der Waals surface area contributed by atoms with Gasteiger partial charge < -0.3 is 4.90 Å². The van der Waals surface area contributed by atoms with Crippen LogP contribution >= 0.6 is 23.6 Å². The molecule has 7 heteroatoms. The first-order valence-corrected chi connectivity index (χ1v) is 6.75. The van der Waals surface area contributed by atoms with E-state index in [2.05, 4.69) is 38.9 Å². The fourth-order valence-electron chi connectivity index (χ4n) is 1.61. The first-order valence-electron chi connectivity index (χ1n) is 5.53. The lowest BCUT2D eigenvalue weighted by atomic mass is 10.4. The maximum absolute atomic E-state index is 4.96. The predicted octanol–water partition coefficient (Wildman–Crippen LogP) is 2.75. The molecule has 5 nitrogen and oxygen atoms in total. The lowest BCUT2D eigenvalue weighted by Crippen LogP contribution is -2.21. The molecule has 0 spiro atoms. The van der Waals surface area contributed by atoms with Gasteiger partial charge in [0.2, 0.25) is 4.77 Å². The molecule has 0 amide bonds. The third kappa shape index (κ3) is 2.39. The van der Waals surface area contributed by atoms with E-state index in [9.17, 15) is 0 Å². The number of rotatable bonds is 4. The van der Waals surface area contributed by atoms with Crippen molar-refractivity contribution >= 4 is 28.7 Å². The average molecular weight is 269 g/mol. The van der Waals surface area contributed by atoms with Crippen LogP contribution in [0.2, 0.25) is 0 Å². The van der Waals surface area contributed by atoms with Crippen LogP contribution in [-0.4, -0.2) is 33.3 Å². The quantitative estimate of drug-likeness (QED) is 0.838. The van der Waals surface area contributed by atoms with Crippen molar-refractivity contribution in [2.45, 2.75) is 20.8 Å².